The van der Waals surface area contributed by atoms with Gasteiger partial charge in [0.15, 0.2) is 5.78 Å². The molecule has 0 amide bonds. The third-order valence-corrected chi connectivity index (χ3v) is 2.68. The first-order chi connectivity index (χ1) is 8.24. The first kappa shape index (κ1) is 13.7. The second-order valence-electron chi connectivity index (χ2n) is 4.06. The van der Waals surface area contributed by atoms with E-state index in [0.29, 0.717) is 19.4 Å². The highest BCUT2D eigenvalue weighted by atomic mass is 16.5. The van der Waals surface area contributed by atoms with Gasteiger partial charge in [0.05, 0.1) is 6.61 Å². The average Bonchev–Trinajstić information content (AvgIpc) is 2.70. The highest BCUT2D eigenvalue weighted by Gasteiger charge is 2.12. The minimum absolute atomic E-state index is 0.130. The lowest BCUT2D eigenvalue weighted by Crippen LogP contribution is -2.02. The maximum absolute atomic E-state index is 11.3. The number of hydrogen-bond donors (Lipinski definition) is 0. The van der Waals surface area contributed by atoms with Crippen molar-refractivity contribution in [2.45, 2.75) is 45.4 Å². The summed E-state index contributed by atoms with van der Waals surface area (Å²) in [6.45, 7) is 2.26. The van der Waals surface area contributed by atoms with Gasteiger partial charge >= 0.3 is 5.97 Å². The van der Waals surface area contributed by atoms with Crippen LogP contribution in [-0.2, 0) is 14.3 Å². The largest absolute Gasteiger partial charge is 0.466 e. The predicted molar refractivity (Wildman–Crippen MR) is 66.6 cm³/mol. The number of ketones is 1. The van der Waals surface area contributed by atoms with Crippen LogP contribution in [0.2, 0.25) is 0 Å². The van der Waals surface area contributed by atoms with Gasteiger partial charge in [0.1, 0.15) is 0 Å². The van der Waals surface area contributed by atoms with Crippen molar-refractivity contribution in [3.05, 3.63) is 23.8 Å². The summed E-state index contributed by atoms with van der Waals surface area (Å²) >= 11 is 0. The molecule has 0 radical (unpaired) electrons. The predicted octanol–water partition coefficient (Wildman–Crippen LogP) is 2.96. The molecule has 1 aliphatic carbocycles. The zero-order valence-electron chi connectivity index (χ0n) is 10.4. The highest BCUT2D eigenvalue weighted by Crippen LogP contribution is 2.17. The summed E-state index contributed by atoms with van der Waals surface area (Å²) in [5, 5.41) is 0. The van der Waals surface area contributed by atoms with E-state index >= 15 is 0 Å². The first-order valence-corrected chi connectivity index (χ1v) is 6.27. The van der Waals surface area contributed by atoms with Crippen molar-refractivity contribution in [1.82, 2.24) is 0 Å². The zero-order valence-corrected chi connectivity index (χ0v) is 10.4. The van der Waals surface area contributed by atoms with E-state index in [-0.39, 0.29) is 11.8 Å². The fourth-order valence-corrected chi connectivity index (χ4v) is 1.77. The highest BCUT2D eigenvalue weighted by molar-refractivity contribution is 5.97. The van der Waals surface area contributed by atoms with Crippen LogP contribution in [0.15, 0.2) is 23.8 Å². The maximum Gasteiger partial charge on any atom is 0.305 e. The van der Waals surface area contributed by atoms with Crippen LogP contribution < -0.4 is 0 Å². The Bertz CT molecular complexity index is 326. The molecule has 0 unspecified atom stereocenters. The summed E-state index contributed by atoms with van der Waals surface area (Å²) < 4.78 is 4.83. The molecule has 0 saturated heterocycles. The summed E-state index contributed by atoms with van der Waals surface area (Å²) in [7, 11) is 0. The molecule has 0 heterocycles. The topological polar surface area (TPSA) is 43.4 Å². The average molecular weight is 236 g/mol. The monoisotopic (exact) mass is 236 g/mol. The smallest absolute Gasteiger partial charge is 0.305 e. The normalized spacial score (nSPS) is 15.4. The Morgan fingerprint density at radius 2 is 2.29 bits per heavy atom. The van der Waals surface area contributed by atoms with Gasteiger partial charge < -0.3 is 4.74 Å². The van der Waals surface area contributed by atoms with Crippen molar-refractivity contribution >= 4 is 11.8 Å². The number of allylic oxidation sites excluding steroid dienone is 4. The number of esters is 1. The zero-order chi connectivity index (χ0) is 12.5. The molecule has 0 N–H and O–H groups in total. The van der Waals surface area contributed by atoms with Crippen LogP contribution in [0.1, 0.15) is 45.4 Å². The maximum atomic E-state index is 11.3. The SMILES string of the molecule is CCOC(=O)CCC/C=C\CC1=CCCC1=O. The molecule has 0 aromatic heterocycles. The molecular weight excluding hydrogens is 216 g/mol. The van der Waals surface area contributed by atoms with Gasteiger partial charge in [-0.15, -0.1) is 0 Å². The molecule has 0 saturated carbocycles. The molecule has 0 bridgehead atoms. The molecule has 1 rings (SSSR count). The van der Waals surface area contributed by atoms with Gasteiger partial charge in [-0.3, -0.25) is 9.59 Å². The molecule has 0 aromatic rings. The number of ether oxygens (including phenoxy) is 1. The fourth-order valence-electron chi connectivity index (χ4n) is 1.77. The van der Waals surface area contributed by atoms with Crippen LogP contribution in [0.4, 0.5) is 0 Å². The van der Waals surface area contributed by atoms with Crippen molar-refractivity contribution in [2.75, 3.05) is 6.61 Å². The number of rotatable bonds is 7. The van der Waals surface area contributed by atoms with Gasteiger partial charge in [-0.1, -0.05) is 18.2 Å². The van der Waals surface area contributed by atoms with E-state index < -0.39 is 0 Å². The molecule has 0 fully saturated rings. The van der Waals surface area contributed by atoms with Crippen molar-refractivity contribution in [3.63, 3.8) is 0 Å². The van der Waals surface area contributed by atoms with E-state index in [0.717, 1.165) is 31.3 Å². The van der Waals surface area contributed by atoms with Gasteiger partial charge in [0, 0.05) is 12.8 Å². The second kappa shape index (κ2) is 7.82. The van der Waals surface area contributed by atoms with E-state index in [9.17, 15) is 9.59 Å². The van der Waals surface area contributed by atoms with E-state index in [1.165, 1.54) is 0 Å². The van der Waals surface area contributed by atoms with Crippen LogP contribution in [0.5, 0.6) is 0 Å². The molecule has 3 heteroatoms. The summed E-state index contributed by atoms with van der Waals surface area (Å²) in [6, 6.07) is 0. The van der Waals surface area contributed by atoms with Crippen LogP contribution in [-0.4, -0.2) is 18.4 Å². The molecule has 3 nitrogen and oxygen atoms in total. The second-order valence-corrected chi connectivity index (χ2v) is 4.06. The van der Waals surface area contributed by atoms with Crippen LogP contribution in [0.3, 0.4) is 0 Å². The number of unbranched alkanes of at least 4 members (excludes halogenated alkanes) is 1. The quantitative estimate of drug-likeness (QED) is 0.388. The molecular formula is C14H20O3. The molecule has 0 atom stereocenters. The number of carbonyl (C=O) groups is 2. The number of hydrogen-bond acceptors (Lipinski definition) is 3. The first-order valence-electron chi connectivity index (χ1n) is 6.27. The lowest BCUT2D eigenvalue weighted by Gasteiger charge is -1.99. The molecule has 17 heavy (non-hydrogen) atoms. The van der Waals surface area contributed by atoms with Crippen molar-refractivity contribution < 1.29 is 14.3 Å². The van der Waals surface area contributed by atoms with Gasteiger partial charge in [0.25, 0.3) is 0 Å². The Balaban J connectivity index is 2.06. The molecule has 1 aliphatic rings. The van der Waals surface area contributed by atoms with Crippen molar-refractivity contribution in [1.29, 1.82) is 0 Å². The Kier molecular flexibility index (Phi) is 6.30. The Labute approximate surface area is 103 Å². The summed E-state index contributed by atoms with van der Waals surface area (Å²) in [5.41, 5.74) is 0.937. The van der Waals surface area contributed by atoms with E-state index in [1.807, 2.05) is 25.2 Å². The molecule has 94 valence electrons. The number of carbonyl (C=O) groups excluding carboxylic acids is 2. The molecule has 0 spiro atoms. The summed E-state index contributed by atoms with van der Waals surface area (Å²) in [6.07, 6.45) is 10.5. The minimum Gasteiger partial charge on any atom is -0.466 e. The van der Waals surface area contributed by atoms with E-state index in [2.05, 4.69) is 0 Å². The van der Waals surface area contributed by atoms with Crippen molar-refractivity contribution in [2.24, 2.45) is 0 Å². The lowest BCUT2D eigenvalue weighted by atomic mass is 10.1. The standard InChI is InChI=1S/C14H20O3/c1-2-17-14(16)11-6-4-3-5-8-12-9-7-10-13(12)15/h3,5,9H,2,4,6-8,10-11H2,1H3/b5-3-. The summed E-state index contributed by atoms with van der Waals surface area (Å²) in [5.74, 6) is 0.149. The van der Waals surface area contributed by atoms with Gasteiger partial charge in [0.2, 0.25) is 0 Å². The Hall–Kier alpha value is -1.38. The summed E-state index contributed by atoms with van der Waals surface area (Å²) in [4.78, 5) is 22.3. The Morgan fingerprint density at radius 1 is 1.47 bits per heavy atom. The minimum atomic E-state index is -0.130. The molecule has 0 aliphatic heterocycles. The van der Waals surface area contributed by atoms with Crippen LogP contribution in [0, 0.1) is 0 Å². The fraction of sp³-hybridized carbons (Fsp3) is 0.571. The third-order valence-electron chi connectivity index (χ3n) is 2.68. The lowest BCUT2D eigenvalue weighted by molar-refractivity contribution is -0.143. The van der Waals surface area contributed by atoms with Gasteiger partial charge in [-0.05, 0) is 38.2 Å². The Morgan fingerprint density at radius 3 is 2.94 bits per heavy atom. The number of Topliss-reactive ketones (excluding diaryl/α,β-unsaturated/α-hetero) is 1. The van der Waals surface area contributed by atoms with Gasteiger partial charge in [-0.2, -0.15) is 0 Å². The molecule has 0 aromatic carbocycles. The van der Waals surface area contributed by atoms with E-state index in [1.54, 1.807) is 0 Å². The van der Waals surface area contributed by atoms with Crippen LogP contribution >= 0.6 is 0 Å². The third kappa shape index (κ3) is 5.48. The van der Waals surface area contributed by atoms with Gasteiger partial charge in [-0.25, -0.2) is 0 Å². The van der Waals surface area contributed by atoms with E-state index in [4.69, 9.17) is 4.74 Å². The van der Waals surface area contributed by atoms with Crippen molar-refractivity contribution in [3.8, 4) is 0 Å². The van der Waals surface area contributed by atoms with Crippen LogP contribution in [0.25, 0.3) is 0 Å².